The predicted molar refractivity (Wildman–Crippen MR) is 120 cm³/mol. The summed E-state index contributed by atoms with van der Waals surface area (Å²) in [6.07, 6.45) is -1.47. The molecule has 2 aromatic heterocycles. The highest BCUT2D eigenvalue weighted by atomic mass is 19.4. The van der Waals surface area contributed by atoms with Crippen LogP contribution in [0.2, 0.25) is 0 Å². The first kappa shape index (κ1) is 22.0. The van der Waals surface area contributed by atoms with Crippen molar-refractivity contribution in [2.24, 2.45) is 5.10 Å². The van der Waals surface area contributed by atoms with Crippen LogP contribution in [0.1, 0.15) is 22.5 Å². The van der Waals surface area contributed by atoms with E-state index >= 15 is 0 Å². The number of nitrogens with zero attached hydrogens (tertiary/aromatic N) is 4. The van der Waals surface area contributed by atoms with E-state index in [4.69, 9.17) is 0 Å². The highest BCUT2D eigenvalue weighted by Crippen LogP contribution is 2.35. The highest BCUT2D eigenvalue weighted by molar-refractivity contribution is 5.84. The van der Waals surface area contributed by atoms with Gasteiger partial charge in [-0.25, -0.2) is 0 Å². The molecule has 7 nitrogen and oxygen atoms in total. The van der Waals surface area contributed by atoms with Crippen LogP contribution in [-0.2, 0) is 6.18 Å². The second-order valence-corrected chi connectivity index (χ2v) is 7.40. The molecule has 0 saturated carbocycles. The first-order valence-electron chi connectivity index (χ1n) is 9.84. The second kappa shape index (κ2) is 8.38. The van der Waals surface area contributed by atoms with Crippen molar-refractivity contribution in [3.8, 4) is 5.69 Å². The minimum Gasteiger partial charge on any atom is -0.318 e. The smallest absolute Gasteiger partial charge is 0.318 e. The Hall–Kier alpha value is -4.21. The van der Waals surface area contributed by atoms with Crippen LogP contribution in [0.25, 0.3) is 16.6 Å². The van der Waals surface area contributed by atoms with E-state index < -0.39 is 22.4 Å². The molecule has 33 heavy (non-hydrogen) atoms. The Kier molecular flexibility index (Phi) is 5.59. The van der Waals surface area contributed by atoms with Gasteiger partial charge in [0.25, 0.3) is 5.69 Å². The lowest BCUT2D eigenvalue weighted by Crippen LogP contribution is -2.06. The third-order valence-electron chi connectivity index (χ3n) is 5.23. The van der Waals surface area contributed by atoms with Gasteiger partial charge in [0.1, 0.15) is 5.69 Å². The molecule has 0 spiro atoms. The number of nitro groups is 1. The van der Waals surface area contributed by atoms with E-state index in [1.807, 2.05) is 54.8 Å². The van der Waals surface area contributed by atoms with Crippen LogP contribution in [0, 0.1) is 24.0 Å². The number of nitrogens with one attached hydrogen (secondary N) is 1. The molecule has 1 N–H and O–H groups in total. The van der Waals surface area contributed by atoms with E-state index in [1.54, 1.807) is 6.20 Å². The molecule has 0 amide bonds. The fraction of sp³-hybridized carbons (Fsp3) is 0.130. The number of nitro benzene ring substituents is 1. The van der Waals surface area contributed by atoms with Crippen molar-refractivity contribution in [3.63, 3.8) is 0 Å². The number of halogens is 3. The van der Waals surface area contributed by atoms with Crippen molar-refractivity contribution in [1.82, 2.24) is 9.55 Å². The highest BCUT2D eigenvalue weighted by Gasteiger charge is 2.33. The molecule has 4 aromatic rings. The lowest BCUT2D eigenvalue weighted by Gasteiger charge is -2.10. The number of aryl methyl sites for hydroxylation is 1. The summed E-state index contributed by atoms with van der Waals surface area (Å²) in [6, 6.07) is 13.9. The molecule has 2 heterocycles. The average Bonchev–Trinajstić information content (AvgIpc) is 3.05. The summed E-state index contributed by atoms with van der Waals surface area (Å²) in [5.74, 6) is 0. The van der Waals surface area contributed by atoms with Gasteiger partial charge in [-0.3, -0.25) is 20.5 Å². The standard InChI is InChI=1S/C23H18F3N5O2/c1-14-10-17(15(2)30(14)19-6-8-20-16(11-19)4-3-9-27-20)13-28-29-21-7-5-18(23(24,25)26)12-22(21)31(32)33/h3-13,29H,1-2H3/b28-13-. The Morgan fingerprint density at radius 3 is 2.64 bits per heavy atom. The van der Waals surface area contributed by atoms with Crippen LogP contribution in [0.3, 0.4) is 0 Å². The first-order valence-corrected chi connectivity index (χ1v) is 9.84. The summed E-state index contributed by atoms with van der Waals surface area (Å²) in [4.78, 5) is 14.7. The Balaban J connectivity index is 1.62. The van der Waals surface area contributed by atoms with Gasteiger partial charge in [0.05, 0.1) is 22.2 Å². The van der Waals surface area contributed by atoms with E-state index in [-0.39, 0.29) is 5.69 Å². The molecule has 0 atom stereocenters. The number of rotatable bonds is 5. The first-order chi connectivity index (χ1) is 15.6. The molecule has 0 aliphatic rings. The van der Waals surface area contributed by atoms with Crippen LogP contribution >= 0.6 is 0 Å². The van der Waals surface area contributed by atoms with Gasteiger partial charge < -0.3 is 4.57 Å². The van der Waals surface area contributed by atoms with Crippen LogP contribution in [0.4, 0.5) is 24.5 Å². The van der Waals surface area contributed by atoms with Crippen molar-refractivity contribution < 1.29 is 18.1 Å². The van der Waals surface area contributed by atoms with Crippen LogP contribution in [0.5, 0.6) is 0 Å². The molecule has 0 fully saturated rings. The number of anilines is 1. The molecule has 4 rings (SSSR count). The third kappa shape index (κ3) is 4.40. The Labute approximate surface area is 186 Å². The molecule has 0 aliphatic carbocycles. The van der Waals surface area contributed by atoms with Crippen molar-refractivity contribution in [2.75, 3.05) is 5.43 Å². The Morgan fingerprint density at radius 2 is 1.91 bits per heavy atom. The van der Waals surface area contributed by atoms with Crippen LogP contribution in [0.15, 0.2) is 65.9 Å². The van der Waals surface area contributed by atoms with E-state index in [9.17, 15) is 23.3 Å². The van der Waals surface area contributed by atoms with E-state index in [1.165, 1.54) is 6.21 Å². The van der Waals surface area contributed by atoms with E-state index in [0.29, 0.717) is 6.07 Å². The number of hydrazone groups is 1. The van der Waals surface area contributed by atoms with Gasteiger partial charge in [-0.15, -0.1) is 0 Å². The maximum atomic E-state index is 12.9. The topological polar surface area (TPSA) is 85.4 Å². The molecule has 168 valence electrons. The van der Waals surface area contributed by atoms with Gasteiger partial charge in [0.2, 0.25) is 0 Å². The van der Waals surface area contributed by atoms with Gasteiger partial charge >= 0.3 is 6.18 Å². The molecule has 0 aliphatic heterocycles. The summed E-state index contributed by atoms with van der Waals surface area (Å²) in [7, 11) is 0. The van der Waals surface area contributed by atoms with E-state index in [0.717, 1.165) is 45.7 Å². The van der Waals surface area contributed by atoms with E-state index in [2.05, 4.69) is 15.5 Å². The maximum absolute atomic E-state index is 12.9. The summed E-state index contributed by atoms with van der Waals surface area (Å²) in [6.45, 7) is 3.84. The number of hydrogen-bond acceptors (Lipinski definition) is 5. The molecular formula is C23H18F3N5O2. The number of aromatic nitrogens is 2. The molecule has 0 unspecified atom stereocenters. The predicted octanol–water partition coefficient (Wildman–Crippen LogP) is 6.02. The van der Waals surface area contributed by atoms with Crippen molar-refractivity contribution in [1.29, 1.82) is 0 Å². The quantitative estimate of drug-likeness (QED) is 0.228. The summed E-state index contributed by atoms with van der Waals surface area (Å²) in [5, 5.41) is 16.2. The molecule has 0 saturated heterocycles. The van der Waals surface area contributed by atoms with Crippen LogP contribution in [-0.4, -0.2) is 20.7 Å². The van der Waals surface area contributed by atoms with Crippen LogP contribution < -0.4 is 5.43 Å². The average molecular weight is 453 g/mol. The van der Waals surface area contributed by atoms with Crippen molar-refractivity contribution in [3.05, 3.63) is 93.4 Å². The summed E-state index contributed by atoms with van der Waals surface area (Å²) in [5.41, 5.74) is 4.93. The monoisotopic (exact) mass is 453 g/mol. The van der Waals surface area contributed by atoms with Gasteiger partial charge in [-0.2, -0.15) is 18.3 Å². The molecular weight excluding hydrogens is 435 g/mol. The molecule has 2 aromatic carbocycles. The van der Waals surface area contributed by atoms with Crippen molar-refractivity contribution >= 4 is 28.5 Å². The lowest BCUT2D eigenvalue weighted by molar-refractivity contribution is -0.384. The Bertz CT molecular complexity index is 1390. The van der Waals surface area contributed by atoms with Gasteiger partial charge in [-0.05, 0) is 56.3 Å². The molecule has 0 radical (unpaired) electrons. The second-order valence-electron chi connectivity index (χ2n) is 7.40. The number of pyridine rings is 1. The lowest BCUT2D eigenvalue weighted by atomic mass is 10.1. The fourth-order valence-electron chi connectivity index (χ4n) is 3.64. The molecule has 10 heteroatoms. The fourth-order valence-corrected chi connectivity index (χ4v) is 3.64. The number of fused-ring (bicyclic) bond motifs is 1. The summed E-state index contributed by atoms with van der Waals surface area (Å²) >= 11 is 0. The zero-order valence-corrected chi connectivity index (χ0v) is 17.6. The molecule has 0 bridgehead atoms. The number of alkyl halides is 3. The minimum atomic E-state index is -4.68. The van der Waals surface area contributed by atoms with Gasteiger partial charge in [-0.1, -0.05) is 6.07 Å². The largest absolute Gasteiger partial charge is 0.416 e. The van der Waals surface area contributed by atoms with Gasteiger partial charge in [0.15, 0.2) is 0 Å². The van der Waals surface area contributed by atoms with Crippen molar-refractivity contribution in [2.45, 2.75) is 20.0 Å². The summed E-state index contributed by atoms with van der Waals surface area (Å²) < 4.78 is 40.6. The Morgan fingerprint density at radius 1 is 1.12 bits per heavy atom. The number of benzene rings is 2. The third-order valence-corrected chi connectivity index (χ3v) is 5.23. The maximum Gasteiger partial charge on any atom is 0.416 e. The zero-order valence-electron chi connectivity index (χ0n) is 17.6. The zero-order chi connectivity index (χ0) is 23.8. The number of hydrogen-bond donors (Lipinski definition) is 1. The SMILES string of the molecule is Cc1cc(/C=N\Nc2ccc(C(F)(F)F)cc2[N+](=O)[O-])c(C)n1-c1ccc2ncccc2c1. The minimum absolute atomic E-state index is 0.139. The normalized spacial score (nSPS) is 11.9. The van der Waals surface area contributed by atoms with Gasteiger partial charge in [0, 0.05) is 40.3 Å².